The minimum Gasteiger partial charge on any atom is -0.452 e. The highest BCUT2D eigenvalue weighted by molar-refractivity contribution is 9.10. The number of hydrogen-bond acceptors (Lipinski definition) is 4. The minimum atomic E-state index is -3.54. The Kier molecular flexibility index (Phi) is 4.99. The summed E-state index contributed by atoms with van der Waals surface area (Å²) in [5.41, 5.74) is -0.114. The molecule has 5 nitrogen and oxygen atoms in total. The van der Waals surface area contributed by atoms with Gasteiger partial charge in [-0.2, -0.15) is 0 Å². The normalized spacial score (nSPS) is 12.9. The van der Waals surface area contributed by atoms with E-state index in [9.17, 15) is 8.42 Å². The van der Waals surface area contributed by atoms with Crippen molar-refractivity contribution in [3.8, 4) is 0 Å². The molecule has 1 heterocycles. The first-order chi connectivity index (χ1) is 8.15. The van der Waals surface area contributed by atoms with Gasteiger partial charge in [-0.3, -0.25) is 0 Å². The van der Waals surface area contributed by atoms with E-state index < -0.39 is 10.0 Å². The highest BCUT2D eigenvalue weighted by Gasteiger charge is 2.24. The first-order valence-corrected chi connectivity index (χ1v) is 7.86. The van der Waals surface area contributed by atoms with Gasteiger partial charge in [-0.1, -0.05) is 20.8 Å². The van der Waals surface area contributed by atoms with E-state index in [1.54, 1.807) is 7.05 Å². The van der Waals surface area contributed by atoms with Crippen LogP contribution in [0.1, 0.15) is 26.5 Å². The molecule has 0 aliphatic rings. The molecule has 0 aliphatic heterocycles. The molecular formula is C11H19BrN2O3S. The van der Waals surface area contributed by atoms with Crippen LogP contribution in [0.25, 0.3) is 0 Å². The van der Waals surface area contributed by atoms with Gasteiger partial charge in [0, 0.05) is 12.6 Å². The zero-order valence-corrected chi connectivity index (χ0v) is 13.4. The maximum Gasteiger partial charge on any atom is 0.244 e. The van der Waals surface area contributed by atoms with Crippen LogP contribution < -0.4 is 10.0 Å². The highest BCUT2D eigenvalue weighted by Crippen LogP contribution is 2.26. The smallest absolute Gasteiger partial charge is 0.244 e. The number of nitrogens with one attached hydrogen (secondary N) is 2. The maximum atomic E-state index is 12.1. The number of sulfonamides is 1. The van der Waals surface area contributed by atoms with Crippen LogP contribution in [0.4, 0.5) is 0 Å². The molecule has 7 heteroatoms. The van der Waals surface area contributed by atoms with Gasteiger partial charge in [-0.25, -0.2) is 13.1 Å². The predicted molar refractivity (Wildman–Crippen MR) is 73.8 cm³/mol. The number of hydrogen-bond donors (Lipinski definition) is 2. The van der Waals surface area contributed by atoms with E-state index in [2.05, 4.69) is 26.0 Å². The van der Waals surface area contributed by atoms with Crippen molar-refractivity contribution < 1.29 is 12.8 Å². The summed E-state index contributed by atoms with van der Waals surface area (Å²) in [5, 5.41) is 2.90. The molecule has 0 aliphatic carbocycles. The largest absolute Gasteiger partial charge is 0.452 e. The molecule has 0 radical (unpaired) electrons. The molecule has 0 fully saturated rings. The van der Waals surface area contributed by atoms with Gasteiger partial charge in [0.05, 0.1) is 6.54 Å². The first kappa shape index (κ1) is 15.7. The van der Waals surface area contributed by atoms with E-state index in [4.69, 9.17) is 4.42 Å². The molecule has 1 rings (SSSR count). The Hall–Kier alpha value is -0.370. The van der Waals surface area contributed by atoms with Gasteiger partial charge in [-0.05, 0) is 28.4 Å². The van der Waals surface area contributed by atoms with Crippen molar-refractivity contribution in [3.05, 3.63) is 16.5 Å². The Bertz CT molecular complexity index is 503. The van der Waals surface area contributed by atoms with Crippen LogP contribution in [0.15, 0.2) is 20.0 Å². The lowest BCUT2D eigenvalue weighted by molar-refractivity contribution is 0.407. The van der Waals surface area contributed by atoms with Gasteiger partial charge in [0.25, 0.3) is 0 Å². The summed E-state index contributed by atoms with van der Waals surface area (Å²) in [6, 6.07) is 1.52. The molecule has 0 saturated heterocycles. The fourth-order valence-electron chi connectivity index (χ4n) is 1.23. The van der Waals surface area contributed by atoms with E-state index in [-0.39, 0.29) is 15.0 Å². The lowest BCUT2D eigenvalue weighted by Gasteiger charge is -2.18. The summed E-state index contributed by atoms with van der Waals surface area (Å²) < 4.78 is 32.3. The Labute approximate surface area is 117 Å². The topological polar surface area (TPSA) is 71.3 Å². The van der Waals surface area contributed by atoms with E-state index >= 15 is 0 Å². The van der Waals surface area contributed by atoms with Crippen molar-refractivity contribution in [2.75, 3.05) is 13.6 Å². The van der Waals surface area contributed by atoms with E-state index in [1.807, 2.05) is 20.8 Å². The molecule has 18 heavy (non-hydrogen) atoms. The van der Waals surface area contributed by atoms with Crippen molar-refractivity contribution in [1.82, 2.24) is 10.0 Å². The summed E-state index contributed by atoms with van der Waals surface area (Å²) >= 11 is 3.13. The molecule has 0 atom stereocenters. The van der Waals surface area contributed by atoms with Crippen LogP contribution >= 0.6 is 15.9 Å². The molecule has 0 spiro atoms. The van der Waals surface area contributed by atoms with Gasteiger partial charge >= 0.3 is 0 Å². The summed E-state index contributed by atoms with van der Waals surface area (Å²) in [7, 11) is -1.77. The highest BCUT2D eigenvalue weighted by atomic mass is 79.9. The fourth-order valence-corrected chi connectivity index (χ4v) is 3.51. The average Bonchev–Trinajstić information content (AvgIpc) is 2.57. The van der Waals surface area contributed by atoms with Gasteiger partial charge in [0.15, 0.2) is 4.67 Å². The summed E-state index contributed by atoms with van der Waals surface area (Å²) in [5.74, 6) is 0.570. The summed E-state index contributed by atoms with van der Waals surface area (Å²) in [6.07, 6.45) is 0. The molecule has 0 aromatic carbocycles. The quantitative estimate of drug-likeness (QED) is 0.862. The van der Waals surface area contributed by atoms with Crippen LogP contribution in [-0.2, 0) is 16.6 Å². The van der Waals surface area contributed by atoms with Gasteiger partial charge < -0.3 is 9.73 Å². The summed E-state index contributed by atoms with van der Waals surface area (Å²) in [4.78, 5) is 0.136. The number of rotatable bonds is 5. The average molecular weight is 339 g/mol. The lowest BCUT2D eigenvalue weighted by Crippen LogP contribution is -2.32. The van der Waals surface area contributed by atoms with Crippen LogP contribution in [-0.4, -0.2) is 22.0 Å². The molecule has 104 valence electrons. The second kappa shape index (κ2) is 5.73. The molecule has 1 aromatic heterocycles. The first-order valence-electron chi connectivity index (χ1n) is 5.58. The Morgan fingerprint density at radius 2 is 2.00 bits per heavy atom. The monoisotopic (exact) mass is 338 g/mol. The molecule has 0 amide bonds. The molecule has 0 unspecified atom stereocenters. The molecule has 2 N–H and O–H groups in total. The van der Waals surface area contributed by atoms with Crippen LogP contribution in [0.5, 0.6) is 0 Å². The van der Waals surface area contributed by atoms with Crippen LogP contribution in [0.3, 0.4) is 0 Å². The van der Waals surface area contributed by atoms with E-state index in [0.717, 1.165) is 0 Å². The van der Waals surface area contributed by atoms with Crippen LogP contribution in [0, 0.1) is 5.41 Å². The van der Waals surface area contributed by atoms with Crippen molar-refractivity contribution in [2.24, 2.45) is 5.41 Å². The molecule has 1 aromatic rings. The van der Waals surface area contributed by atoms with Gasteiger partial charge in [0.1, 0.15) is 10.7 Å². The Morgan fingerprint density at radius 3 is 2.50 bits per heavy atom. The van der Waals surface area contributed by atoms with Crippen molar-refractivity contribution in [1.29, 1.82) is 0 Å². The zero-order chi connectivity index (χ0) is 14.0. The van der Waals surface area contributed by atoms with Gasteiger partial charge in [-0.15, -0.1) is 0 Å². The summed E-state index contributed by atoms with van der Waals surface area (Å²) in [6.45, 7) is 6.74. The molecule has 0 bridgehead atoms. The standard InChI is InChI=1S/C11H19BrN2O3S/c1-11(2,3)7-14-18(15,16)9-5-8(6-13-4)17-10(9)12/h5,13-14H,6-7H2,1-4H3. The van der Waals surface area contributed by atoms with Crippen molar-refractivity contribution in [2.45, 2.75) is 32.2 Å². The van der Waals surface area contributed by atoms with Crippen molar-refractivity contribution >= 4 is 26.0 Å². The third kappa shape index (κ3) is 4.38. The lowest BCUT2D eigenvalue weighted by atomic mass is 9.98. The van der Waals surface area contributed by atoms with E-state index in [0.29, 0.717) is 18.8 Å². The van der Waals surface area contributed by atoms with Crippen LogP contribution in [0.2, 0.25) is 0 Å². The van der Waals surface area contributed by atoms with Crippen molar-refractivity contribution in [3.63, 3.8) is 0 Å². The van der Waals surface area contributed by atoms with Gasteiger partial charge in [0.2, 0.25) is 10.0 Å². The predicted octanol–water partition coefficient (Wildman–Crippen LogP) is 2.09. The minimum absolute atomic E-state index is 0.114. The third-order valence-corrected chi connectivity index (χ3v) is 4.40. The zero-order valence-electron chi connectivity index (χ0n) is 11.0. The molecule has 0 saturated carbocycles. The fraction of sp³-hybridized carbons (Fsp3) is 0.636. The molecular weight excluding hydrogens is 320 g/mol. The second-order valence-electron chi connectivity index (χ2n) is 5.27. The van der Waals surface area contributed by atoms with E-state index in [1.165, 1.54) is 6.07 Å². The second-order valence-corrected chi connectivity index (χ2v) is 7.72. The Balaban J connectivity index is 2.91. The SMILES string of the molecule is CNCc1cc(S(=O)(=O)NCC(C)(C)C)c(Br)o1. The number of halogens is 1. The number of furan rings is 1. The third-order valence-electron chi connectivity index (χ3n) is 2.14. The Morgan fingerprint density at radius 1 is 1.39 bits per heavy atom. The maximum absolute atomic E-state index is 12.1.